The molecule has 0 aromatic rings. The van der Waals surface area contributed by atoms with Gasteiger partial charge in [0.15, 0.2) is 0 Å². The SMILES string of the molecule is O=S(O)OCCNCCO. The number of rotatable bonds is 6. The number of aliphatic hydroxyl groups is 1. The zero-order chi connectivity index (χ0) is 7.82. The monoisotopic (exact) mass is 169 g/mol. The van der Waals surface area contributed by atoms with E-state index in [4.69, 9.17) is 9.66 Å². The third-order valence-electron chi connectivity index (χ3n) is 0.752. The van der Waals surface area contributed by atoms with E-state index in [-0.39, 0.29) is 13.2 Å². The van der Waals surface area contributed by atoms with E-state index >= 15 is 0 Å². The summed E-state index contributed by atoms with van der Waals surface area (Å²) in [6.45, 7) is 1.17. The Bertz CT molecular complexity index is 99.3. The first-order valence-corrected chi connectivity index (χ1v) is 3.86. The molecular weight excluding hydrogens is 158 g/mol. The van der Waals surface area contributed by atoms with Gasteiger partial charge in [0.1, 0.15) is 0 Å². The van der Waals surface area contributed by atoms with E-state index in [2.05, 4.69) is 9.50 Å². The fourth-order valence-corrected chi connectivity index (χ4v) is 0.615. The molecule has 0 radical (unpaired) electrons. The van der Waals surface area contributed by atoms with E-state index in [0.717, 1.165) is 0 Å². The highest BCUT2D eigenvalue weighted by Crippen LogP contribution is 1.75. The summed E-state index contributed by atoms with van der Waals surface area (Å²) in [5, 5.41) is 11.0. The zero-order valence-electron chi connectivity index (χ0n) is 5.45. The van der Waals surface area contributed by atoms with E-state index < -0.39 is 11.4 Å². The van der Waals surface area contributed by atoms with Crippen molar-refractivity contribution >= 4 is 11.4 Å². The van der Waals surface area contributed by atoms with Gasteiger partial charge in [-0.3, -0.25) is 8.74 Å². The largest absolute Gasteiger partial charge is 0.395 e. The normalized spacial score (nSPS) is 13.4. The highest BCUT2D eigenvalue weighted by Gasteiger charge is 1.90. The molecule has 0 aliphatic heterocycles. The Hall–Kier alpha value is -0.0100. The molecule has 0 spiro atoms. The maximum Gasteiger partial charge on any atom is 0.301 e. The Morgan fingerprint density at radius 3 is 2.70 bits per heavy atom. The molecule has 0 aliphatic rings. The molecule has 5 nitrogen and oxygen atoms in total. The van der Waals surface area contributed by atoms with Crippen molar-refractivity contribution in [1.29, 1.82) is 0 Å². The lowest BCUT2D eigenvalue weighted by Gasteiger charge is -1.99. The molecule has 3 N–H and O–H groups in total. The zero-order valence-corrected chi connectivity index (χ0v) is 6.26. The predicted octanol–water partition coefficient (Wildman–Crippen LogP) is -1.28. The summed E-state index contributed by atoms with van der Waals surface area (Å²) >= 11 is -2.17. The predicted molar refractivity (Wildman–Crippen MR) is 36.7 cm³/mol. The third-order valence-corrected chi connectivity index (χ3v) is 1.12. The van der Waals surface area contributed by atoms with Crippen LogP contribution in [-0.2, 0) is 15.5 Å². The van der Waals surface area contributed by atoms with Crippen LogP contribution in [0.2, 0.25) is 0 Å². The van der Waals surface area contributed by atoms with Crippen molar-refractivity contribution in [3.63, 3.8) is 0 Å². The Labute approximate surface area is 61.9 Å². The lowest BCUT2D eigenvalue weighted by Crippen LogP contribution is -2.23. The summed E-state index contributed by atoms with van der Waals surface area (Å²) < 4.78 is 22.2. The van der Waals surface area contributed by atoms with Gasteiger partial charge < -0.3 is 10.4 Å². The first kappa shape index (κ1) is 9.99. The minimum Gasteiger partial charge on any atom is -0.395 e. The Morgan fingerprint density at radius 2 is 2.20 bits per heavy atom. The van der Waals surface area contributed by atoms with E-state index in [1.807, 2.05) is 0 Å². The topological polar surface area (TPSA) is 78.8 Å². The van der Waals surface area contributed by atoms with Crippen LogP contribution in [0.5, 0.6) is 0 Å². The molecule has 1 unspecified atom stereocenters. The molecule has 0 aliphatic carbocycles. The maximum atomic E-state index is 9.84. The summed E-state index contributed by atoms with van der Waals surface area (Å²) in [7, 11) is 0. The minimum absolute atomic E-state index is 0.0578. The van der Waals surface area contributed by atoms with Crippen LogP contribution in [0.4, 0.5) is 0 Å². The molecule has 0 bridgehead atoms. The number of aliphatic hydroxyl groups excluding tert-OH is 1. The van der Waals surface area contributed by atoms with Crippen LogP contribution >= 0.6 is 0 Å². The van der Waals surface area contributed by atoms with Crippen LogP contribution in [0.1, 0.15) is 0 Å². The first-order chi connectivity index (χ1) is 4.77. The molecule has 6 heteroatoms. The second-order valence-corrected chi connectivity index (χ2v) is 2.18. The molecule has 0 rings (SSSR count). The van der Waals surface area contributed by atoms with Gasteiger partial charge in [0.2, 0.25) is 0 Å². The average Bonchev–Trinajstić information content (AvgIpc) is 1.87. The van der Waals surface area contributed by atoms with E-state index in [9.17, 15) is 4.21 Å². The van der Waals surface area contributed by atoms with Gasteiger partial charge in [-0.1, -0.05) is 0 Å². The Morgan fingerprint density at radius 1 is 1.50 bits per heavy atom. The molecule has 0 amide bonds. The molecule has 0 saturated heterocycles. The van der Waals surface area contributed by atoms with Crippen molar-refractivity contribution in [1.82, 2.24) is 5.32 Å². The second kappa shape index (κ2) is 7.10. The van der Waals surface area contributed by atoms with Crippen LogP contribution in [0.25, 0.3) is 0 Å². The van der Waals surface area contributed by atoms with Crippen molar-refractivity contribution in [3.05, 3.63) is 0 Å². The number of hydrogen-bond donors (Lipinski definition) is 3. The second-order valence-electron chi connectivity index (χ2n) is 1.51. The van der Waals surface area contributed by atoms with Crippen LogP contribution < -0.4 is 5.32 Å². The molecule has 0 aromatic heterocycles. The van der Waals surface area contributed by atoms with Gasteiger partial charge in [-0.05, 0) is 0 Å². The average molecular weight is 169 g/mol. The van der Waals surface area contributed by atoms with Crippen molar-refractivity contribution in [2.75, 3.05) is 26.3 Å². The summed E-state index contributed by atoms with van der Waals surface area (Å²) in [6.07, 6.45) is 0. The van der Waals surface area contributed by atoms with Crippen molar-refractivity contribution in [2.45, 2.75) is 0 Å². The smallest absolute Gasteiger partial charge is 0.301 e. The molecule has 0 aromatic carbocycles. The molecule has 10 heavy (non-hydrogen) atoms. The summed E-state index contributed by atoms with van der Waals surface area (Å²) in [5.74, 6) is 0. The minimum atomic E-state index is -2.17. The van der Waals surface area contributed by atoms with Crippen LogP contribution in [0.3, 0.4) is 0 Å². The van der Waals surface area contributed by atoms with Gasteiger partial charge in [-0.2, -0.15) is 4.21 Å². The highest BCUT2D eigenvalue weighted by molar-refractivity contribution is 7.74. The molecule has 62 valence electrons. The van der Waals surface area contributed by atoms with Crippen molar-refractivity contribution in [3.8, 4) is 0 Å². The van der Waals surface area contributed by atoms with Gasteiger partial charge >= 0.3 is 11.4 Å². The molecule has 1 atom stereocenters. The van der Waals surface area contributed by atoms with Gasteiger partial charge in [0.05, 0.1) is 13.2 Å². The van der Waals surface area contributed by atoms with E-state index in [1.165, 1.54) is 0 Å². The lowest BCUT2D eigenvalue weighted by molar-refractivity contribution is 0.274. The first-order valence-electron chi connectivity index (χ1n) is 2.83. The molecule has 0 heterocycles. The van der Waals surface area contributed by atoms with E-state index in [0.29, 0.717) is 13.1 Å². The Balaban J connectivity index is 2.84. The quantitative estimate of drug-likeness (QED) is 0.341. The van der Waals surface area contributed by atoms with E-state index in [1.54, 1.807) is 0 Å². The highest BCUT2D eigenvalue weighted by atomic mass is 32.2. The molecule has 0 saturated carbocycles. The number of nitrogens with one attached hydrogen (secondary N) is 1. The molecular formula is C4H11NO4S. The van der Waals surface area contributed by atoms with Crippen LogP contribution in [0, 0.1) is 0 Å². The van der Waals surface area contributed by atoms with Gasteiger partial charge in [-0.25, -0.2) is 0 Å². The summed E-state index contributed by atoms with van der Waals surface area (Å²) in [6, 6.07) is 0. The number of hydrogen-bond acceptors (Lipinski definition) is 4. The fraction of sp³-hybridized carbons (Fsp3) is 1.00. The standard InChI is InChI=1S/C4H11NO4S/c6-3-1-5-2-4-9-10(7)8/h5-6H,1-4H2,(H,7,8). The fourth-order valence-electron chi connectivity index (χ4n) is 0.389. The van der Waals surface area contributed by atoms with Gasteiger partial charge in [0, 0.05) is 13.1 Å². The maximum absolute atomic E-state index is 9.84. The third kappa shape index (κ3) is 7.99. The van der Waals surface area contributed by atoms with Crippen LogP contribution in [0.15, 0.2) is 0 Å². The van der Waals surface area contributed by atoms with Crippen molar-refractivity contribution in [2.24, 2.45) is 0 Å². The van der Waals surface area contributed by atoms with Crippen LogP contribution in [-0.4, -0.2) is 40.2 Å². The van der Waals surface area contributed by atoms with Gasteiger partial charge in [-0.15, -0.1) is 0 Å². The molecule has 0 fully saturated rings. The Kier molecular flexibility index (Phi) is 7.09. The van der Waals surface area contributed by atoms with Gasteiger partial charge in [0.25, 0.3) is 0 Å². The summed E-state index contributed by atoms with van der Waals surface area (Å²) in [4.78, 5) is 0. The van der Waals surface area contributed by atoms with Crippen molar-refractivity contribution < 1.29 is 18.1 Å². The lowest BCUT2D eigenvalue weighted by atomic mass is 10.6. The summed E-state index contributed by atoms with van der Waals surface area (Å²) in [5.41, 5.74) is 0.